The summed E-state index contributed by atoms with van der Waals surface area (Å²) in [5, 5.41) is 2.54. The number of halogens is 1. The van der Waals surface area contributed by atoms with Crippen LogP contribution in [-0.4, -0.2) is 29.1 Å². The highest BCUT2D eigenvalue weighted by molar-refractivity contribution is 5.94. The maximum absolute atomic E-state index is 12.3. The molecule has 1 atom stereocenters. The number of rotatable bonds is 5. The Morgan fingerprint density at radius 3 is 2.81 bits per heavy atom. The fourth-order valence-corrected chi connectivity index (χ4v) is 1.74. The number of aromatic amines is 1. The molecule has 6 heteroatoms. The van der Waals surface area contributed by atoms with Gasteiger partial charge in [-0.25, -0.2) is 0 Å². The number of hydrogen-bond acceptors (Lipinski definition) is 3. The standard InChI is InChI=1S/C15H16FN3O2/c1-10(8-16)9-18-14(20)11-5-6-13(19-15(11)21)12-4-2-3-7-17-12/h2-7,10H,8-9H2,1H3,(H,18,20)(H,19,21)/t10-/m0/s1. The number of carbonyl (C=O) groups is 1. The van der Waals surface area contributed by atoms with Crippen molar-refractivity contribution < 1.29 is 9.18 Å². The third kappa shape index (κ3) is 3.75. The first kappa shape index (κ1) is 14.9. The van der Waals surface area contributed by atoms with Crippen LogP contribution in [0, 0.1) is 5.92 Å². The minimum Gasteiger partial charge on any atom is -0.351 e. The SMILES string of the molecule is C[C@@H](CF)CNC(=O)c1ccc(-c2ccccn2)[nH]c1=O. The van der Waals surface area contributed by atoms with Gasteiger partial charge in [0.25, 0.3) is 11.5 Å². The average Bonchev–Trinajstić information content (AvgIpc) is 2.53. The number of alkyl halides is 1. The van der Waals surface area contributed by atoms with Gasteiger partial charge in [-0.3, -0.25) is 19.0 Å². The van der Waals surface area contributed by atoms with Gasteiger partial charge in [0.05, 0.1) is 18.1 Å². The maximum Gasteiger partial charge on any atom is 0.261 e. The molecule has 5 nitrogen and oxygen atoms in total. The van der Waals surface area contributed by atoms with Crippen LogP contribution in [0.5, 0.6) is 0 Å². The van der Waals surface area contributed by atoms with Crippen molar-refractivity contribution in [1.29, 1.82) is 0 Å². The lowest BCUT2D eigenvalue weighted by Gasteiger charge is -2.08. The van der Waals surface area contributed by atoms with Gasteiger partial charge in [-0.1, -0.05) is 13.0 Å². The summed E-state index contributed by atoms with van der Waals surface area (Å²) in [6.07, 6.45) is 1.62. The Morgan fingerprint density at radius 1 is 1.38 bits per heavy atom. The van der Waals surface area contributed by atoms with E-state index >= 15 is 0 Å². The van der Waals surface area contributed by atoms with Crippen LogP contribution in [0.25, 0.3) is 11.4 Å². The van der Waals surface area contributed by atoms with E-state index in [9.17, 15) is 14.0 Å². The van der Waals surface area contributed by atoms with Crippen LogP contribution in [0.2, 0.25) is 0 Å². The smallest absolute Gasteiger partial charge is 0.261 e. The van der Waals surface area contributed by atoms with Crippen LogP contribution in [0.3, 0.4) is 0 Å². The lowest BCUT2D eigenvalue weighted by Crippen LogP contribution is -2.33. The van der Waals surface area contributed by atoms with Crippen LogP contribution >= 0.6 is 0 Å². The quantitative estimate of drug-likeness (QED) is 0.881. The third-order valence-electron chi connectivity index (χ3n) is 2.97. The zero-order chi connectivity index (χ0) is 15.2. The molecule has 2 aromatic heterocycles. The number of nitrogens with zero attached hydrogens (tertiary/aromatic N) is 1. The normalized spacial score (nSPS) is 11.9. The number of H-pyrrole nitrogens is 1. The summed E-state index contributed by atoms with van der Waals surface area (Å²) in [4.78, 5) is 30.6. The van der Waals surface area contributed by atoms with Gasteiger partial charge in [-0.2, -0.15) is 0 Å². The number of carbonyl (C=O) groups excluding carboxylic acids is 1. The number of hydrogen-bond donors (Lipinski definition) is 2. The van der Waals surface area contributed by atoms with E-state index in [1.807, 2.05) is 0 Å². The van der Waals surface area contributed by atoms with E-state index in [0.717, 1.165) is 0 Å². The Balaban J connectivity index is 2.16. The van der Waals surface area contributed by atoms with Crippen LogP contribution < -0.4 is 10.9 Å². The molecule has 0 aliphatic rings. The van der Waals surface area contributed by atoms with E-state index in [0.29, 0.717) is 11.4 Å². The van der Waals surface area contributed by atoms with Gasteiger partial charge in [0.1, 0.15) is 5.56 Å². The molecule has 2 aromatic rings. The molecule has 110 valence electrons. The van der Waals surface area contributed by atoms with Gasteiger partial charge >= 0.3 is 0 Å². The Kier molecular flexibility index (Phi) is 4.81. The molecule has 0 spiro atoms. The van der Waals surface area contributed by atoms with Crippen molar-refractivity contribution in [3.8, 4) is 11.4 Å². The summed E-state index contributed by atoms with van der Waals surface area (Å²) in [5.74, 6) is -0.787. The van der Waals surface area contributed by atoms with Crippen molar-refractivity contribution in [2.45, 2.75) is 6.92 Å². The highest BCUT2D eigenvalue weighted by atomic mass is 19.1. The molecule has 0 fully saturated rings. The summed E-state index contributed by atoms with van der Waals surface area (Å²) >= 11 is 0. The molecule has 0 aliphatic heterocycles. The first-order valence-corrected chi connectivity index (χ1v) is 6.60. The highest BCUT2D eigenvalue weighted by Crippen LogP contribution is 2.11. The zero-order valence-corrected chi connectivity index (χ0v) is 11.6. The predicted octanol–water partition coefficient (Wildman–Crippen LogP) is 1.77. The van der Waals surface area contributed by atoms with Crippen LogP contribution in [0.15, 0.2) is 41.3 Å². The number of amides is 1. The lowest BCUT2D eigenvalue weighted by atomic mass is 10.1. The van der Waals surface area contributed by atoms with Crippen molar-refractivity contribution in [3.63, 3.8) is 0 Å². The number of pyridine rings is 2. The van der Waals surface area contributed by atoms with Crippen molar-refractivity contribution in [3.05, 3.63) is 52.4 Å². The molecular weight excluding hydrogens is 273 g/mol. The topological polar surface area (TPSA) is 74.8 Å². The summed E-state index contributed by atoms with van der Waals surface area (Å²) in [5.41, 5.74) is 0.658. The minimum atomic E-state index is -0.519. The molecule has 0 saturated carbocycles. The Bertz CT molecular complexity index is 670. The Labute approximate surface area is 121 Å². The Hall–Kier alpha value is -2.50. The van der Waals surface area contributed by atoms with Gasteiger partial charge in [-0.15, -0.1) is 0 Å². The van der Waals surface area contributed by atoms with Gasteiger partial charge in [0.2, 0.25) is 0 Å². The minimum absolute atomic E-state index is 0.000685. The van der Waals surface area contributed by atoms with Gasteiger partial charge in [0.15, 0.2) is 0 Å². The lowest BCUT2D eigenvalue weighted by molar-refractivity contribution is 0.0945. The second kappa shape index (κ2) is 6.78. The molecule has 2 N–H and O–H groups in total. The largest absolute Gasteiger partial charge is 0.351 e. The zero-order valence-electron chi connectivity index (χ0n) is 11.6. The summed E-state index contributed by atoms with van der Waals surface area (Å²) in [7, 11) is 0. The van der Waals surface area contributed by atoms with Crippen LogP contribution in [0.1, 0.15) is 17.3 Å². The molecule has 0 unspecified atom stereocenters. The second-order valence-electron chi connectivity index (χ2n) is 4.80. The van der Waals surface area contributed by atoms with Gasteiger partial charge in [0, 0.05) is 18.7 Å². The molecule has 1 amide bonds. The van der Waals surface area contributed by atoms with Crippen LogP contribution in [-0.2, 0) is 0 Å². The summed E-state index contributed by atoms with van der Waals surface area (Å²) in [6.45, 7) is 1.35. The fourth-order valence-electron chi connectivity index (χ4n) is 1.74. The second-order valence-corrected chi connectivity index (χ2v) is 4.80. The molecule has 2 heterocycles. The molecule has 0 saturated heterocycles. The first-order valence-electron chi connectivity index (χ1n) is 6.60. The molecule has 21 heavy (non-hydrogen) atoms. The van der Waals surface area contributed by atoms with Crippen molar-refractivity contribution in [2.24, 2.45) is 5.92 Å². The third-order valence-corrected chi connectivity index (χ3v) is 2.97. The molecule has 2 rings (SSSR count). The predicted molar refractivity (Wildman–Crippen MR) is 77.8 cm³/mol. The van der Waals surface area contributed by atoms with E-state index in [-0.39, 0.29) is 18.0 Å². The Morgan fingerprint density at radius 2 is 2.19 bits per heavy atom. The number of aromatic nitrogens is 2. The first-order chi connectivity index (χ1) is 10.1. The van der Waals surface area contributed by atoms with E-state index in [1.54, 1.807) is 37.4 Å². The van der Waals surface area contributed by atoms with Crippen molar-refractivity contribution in [1.82, 2.24) is 15.3 Å². The van der Waals surface area contributed by atoms with Gasteiger partial charge in [-0.05, 0) is 24.3 Å². The summed E-state index contributed by atoms with van der Waals surface area (Å²) < 4.78 is 12.3. The fraction of sp³-hybridized carbons (Fsp3) is 0.267. The van der Waals surface area contributed by atoms with E-state index in [4.69, 9.17) is 0 Å². The van der Waals surface area contributed by atoms with E-state index in [2.05, 4.69) is 15.3 Å². The van der Waals surface area contributed by atoms with Gasteiger partial charge < -0.3 is 10.3 Å². The van der Waals surface area contributed by atoms with E-state index in [1.165, 1.54) is 6.07 Å². The van der Waals surface area contributed by atoms with E-state index < -0.39 is 18.1 Å². The monoisotopic (exact) mass is 289 g/mol. The highest BCUT2D eigenvalue weighted by Gasteiger charge is 2.12. The van der Waals surface area contributed by atoms with Crippen LogP contribution in [0.4, 0.5) is 4.39 Å². The van der Waals surface area contributed by atoms with Crippen molar-refractivity contribution >= 4 is 5.91 Å². The molecule has 0 aromatic carbocycles. The summed E-state index contributed by atoms with van der Waals surface area (Å²) in [6, 6.07) is 8.40. The average molecular weight is 289 g/mol. The van der Waals surface area contributed by atoms with Crippen molar-refractivity contribution in [2.75, 3.05) is 13.2 Å². The molecular formula is C15H16FN3O2. The molecule has 0 bridgehead atoms. The molecule has 0 aliphatic carbocycles. The number of nitrogens with one attached hydrogen (secondary N) is 2. The maximum atomic E-state index is 12.3. The molecule has 0 radical (unpaired) electrons.